The van der Waals surface area contributed by atoms with Crippen molar-refractivity contribution in [2.45, 2.75) is 6.54 Å². The fourth-order valence-corrected chi connectivity index (χ4v) is 2.43. The van der Waals surface area contributed by atoms with E-state index in [0.717, 1.165) is 28.3 Å². The third-order valence-corrected chi connectivity index (χ3v) is 3.48. The summed E-state index contributed by atoms with van der Waals surface area (Å²) in [6.07, 6.45) is 3.63. The van der Waals surface area contributed by atoms with Crippen molar-refractivity contribution >= 4 is 33.3 Å². The van der Waals surface area contributed by atoms with Crippen molar-refractivity contribution in [3.05, 3.63) is 64.5 Å². The smallest absolute Gasteiger partial charge is 0.319 e. The number of benzene rings is 1. The van der Waals surface area contributed by atoms with E-state index in [2.05, 4.69) is 31.5 Å². The van der Waals surface area contributed by atoms with Crippen LogP contribution in [0, 0.1) is 11.6 Å². The number of carbonyl (C=O) groups excluding carboxylic acids is 1. The summed E-state index contributed by atoms with van der Waals surface area (Å²) in [5, 5.41) is 4.94. The van der Waals surface area contributed by atoms with Crippen molar-refractivity contribution in [3.8, 4) is 0 Å². The normalized spacial score (nSPS) is 10.7. The van der Waals surface area contributed by atoms with Crippen LogP contribution in [0.25, 0.3) is 5.65 Å². The number of imidazole rings is 1. The standard InChI is InChI=1S/C15H11BrF2N4O/c16-9-1-2-14-20-13(8-22(14)7-9)6-19-15(23)21-12-4-10(17)3-11(18)5-12/h1-5,7-8H,6H2,(H2,19,21,23). The lowest BCUT2D eigenvalue weighted by Crippen LogP contribution is -2.28. The molecule has 5 nitrogen and oxygen atoms in total. The lowest BCUT2D eigenvalue weighted by Gasteiger charge is -2.06. The number of rotatable bonds is 3. The van der Waals surface area contributed by atoms with Gasteiger partial charge >= 0.3 is 6.03 Å². The molecule has 2 amide bonds. The number of urea groups is 1. The van der Waals surface area contributed by atoms with E-state index in [-0.39, 0.29) is 12.2 Å². The van der Waals surface area contributed by atoms with Crippen molar-refractivity contribution < 1.29 is 13.6 Å². The molecular weight excluding hydrogens is 370 g/mol. The maximum absolute atomic E-state index is 13.1. The molecule has 0 atom stereocenters. The maximum Gasteiger partial charge on any atom is 0.319 e. The molecule has 0 saturated carbocycles. The Balaban J connectivity index is 1.63. The molecule has 0 aliphatic rings. The lowest BCUT2D eigenvalue weighted by molar-refractivity contribution is 0.251. The van der Waals surface area contributed by atoms with Crippen molar-refractivity contribution in [1.29, 1.82) is 0 Å². The van der Waals surface area contributed by atoms with Crippen LogP contribution < -0.4 is 10.6 Å². The lowest BCUT2D eigenvalue weighted by atomic mass is 10.3. The Hall–Kier alpha value is -2.48. The van der Waals surface area contributed by atoms with Crippen LogP contribution in [0.15, 0.2) is 47.2 Å². The molecule has 3 rings (SSSR count). The summed E-state index contributed by atoms with van der Waals surface area (Å²) in [6.45, 7) is 0.183. The zero-order valence-electron chi connectivity index (χ0n) is 11.7. The van der Waals surface area contributed by atoms with Crippen LogP contribution in [-0.4, -0.2) is 15.4 Å². The Kier molecular flexibility index (Phi) is 4.24. The molecule has 2 N–H and O–H groups in total. The van der Waals surface area contributed by atoms with E-state index < -0.39 is 17.7 Å². The summed E-state index contributed by atoms with van der Waals surface area (Å²) in [5.74, 6) is -1.52. The van der Waals surface area contributed by atoms with E-state index in [1.165, 1.54) is 0 Å². The number of fused-ring (bicyclic) bond motifs is 1. The first-order valence-electron chi connectivity index (χ1n) is 6.64. The molecule has 0 fully saturated rings. The summed E-state index contributed by atoms with van der Waals surface area (Å²) in [5.41, 5.74) is 1.44. The summed E-state index contributed by atoms with van der Waals surface area (Å²) in [7, 11) is 0. The molecule has 118 valence electrons. The largest absolute Gasteiger partial charge is 0.332 e. The molecule has 2 aromatic heterocycles. The quantitative estimate of drug-likeness (QED) is 0.727. The van der Waals surface area contributed by atoms with Gasteiger partial charge in [-0.15, -0.1) is 0 Å². The number of nitrogens with one attached hydrogen (secondary N) is 2. The summed E-state index contributed by atoms with van der Waals surface area (Å²) in [6, 6.07) is 5.93. The first kappa shape index (κ1) is 15.4. The molecule has 2 heterocycles. The summed E-state index contributed by atoms with van der Waals surface area (Å²) < 4.78 is 28.8. The number of hydrogen-bond donors (Lipinski definition) is 2. The second-order valence-electron chi connectivity index (χ2n) is 4.81. The minimum atomic E-state index is -0.758. The van der Waals surface area contributed by atoms with Crippen LogP contribution in [-0.2, 0) is 6.54 Å². The van der Waals surface area contributed by atoms with Crippen molar-refractivity contribution in [2.75, 3.05) is 5.32 Å². The molecule has 8 heteroatoms. The Morgan fingerprint density at radius 3 is 2.65 bits per heavy atom. The van der Waals surface area contributed by atoms with Gasteiger partial charge in [0.15, 0.2) is 0 Å². The van der Waals surface area contributed by atoms with Gasteiger partial charge in [-0.05, 0) is 40.2 Å². The third-order valence-electron chi connectivity index (χ3n) is 3.02. The Bertz CT molecular complexity index is 861. The zero-order chi connectivity index (χ0) is 16.4. The van der Waals surface area contributed by atoms with Crippen LogP contribution in [0.3, 0.4) is 0 Å². The van der Waals surface area contributed by atoms with Gasteiger partial charge in [-0.1, -0.05) is 0 Å². The van der Waals surface area contributed by atoms with Gasteiger partial charge in [-0.2, -0.15) is 0 Å². The summed E-state index contributed by atoms with van der Waals surface area (Å²) >= 11 is 3.36. The highest BCUT2D eigenvalue weighted by atomic mass is 79.9. The van der Waals surface area contributed by atoms with Gasteiger partial charge in [-0.25, -0.2) is 18.6 Å². The summed E-state index contributed by atoms with van der Waals surface area (Å²) in [4.78, 5) is 16.1. The monoisotopic (exact) mass is 380 g/mol. The van der Waals surface area contributed by atoms with E-state index >= 15 is 0 Å². The van der Waals surface area contributed by atoms with Gasteiger partial charge in [0.1, 0.15) is 17.3 Å². The fourth-order valence-electron chi connectivity index (χ4n) is 2.07. The SMILES string of the molecule is O=C(NCc1cn2cc(Br)ccc2n1)Nc1cc(F)cc(F)c1. The predicted molar refractivity (Wildman–Crippen MR) is 85.1 cm³/mol. The Labute approximate surface area is 138 Å². The second-order valence-corrected chi connectivity index (χ2v) is 5.73. The van der Waals surface area contributed by atoms with Gasteiger partial charge in [0.05, 0.1) is 12.2 Å². The highest BCUT2D eigenvalue weighted by Crippen LogP contribution is 2.14. The zero-order valence-corrected chi connectivity index (χ0v) is 13.3. The fraction of sp³-hybridized carbons (Fsp3) is 0.0667. The van der Waals surface area contributed by atoms with Gasteiger partial charge < -0.3 is 15.0 Å². The van der Waals surface area contributed by atoms with Crippen molar-refractivity contribution in [2.24, 2.45) is 0 Å². The number of pyridine rings is 1. The maximum atomic E-state index is 13.1. The third kappa shape index (κ3) is 3.84. The molecule has 0 unspecified atom stereocenters. The van der Waals surface area contributed by atoms with E-state index in [1.54, 1.807) is 6.20 Å². The minimum absolute atomic E-state index is 0.0407. The molecular formula is C15H11BrF2N4O. The molecule has 0 saturated heterocycles. The van der Waals surface area contributed by atoms with Gasteiger partial charge in [0.2, 0.25) is 0 Å². The molecule has 0 aliphatic carbocycles. The first-order chi connectivity index (χ1) is 11.0. The Morgan fingerprint density at radius 2 is 1.91 bits per heavy atom. The van der Waals surface area contributed by atoms with Crippen LogP contribution in [0.1, 0.15) is 5.69 Å². The topological polar surface area (TPSA) is 58.4 Å². The van der Waals surface area contributed by atoms with Crippen molar-refractivity contribution in [3.63, 3.8) is 0 Å². The number of anilines is 1. The molecule has 0 radical (unpaired) electrons. The first-order valence-corrected chi connectivity index (χ1v) is 7.43. The highest BCUT2D eigenvalue weighted by Gasteiger charge is 2.07. The number of amides is 2. The molecule has 23 heavy (non-hydrogen) atoms. The highest BCUT2D eigenvalue weighted by molar-refractivity contribution is 9.10. The van der Waals surface area contributed by atoms with Crippen LogP contribution >= 0.6 is 15.9 Å². The molecule has 0 aliphatic heterocycles. The number of carbonyl (C=O) groups is 1. The van der Waals surface area contributed by atoms with Crippen LogP contribution in [0.5, 0.6) is 0 Å². The molecule has 0 spiro atoms. The second kappa shape index (κ2) is 6.33. The molecule has 0 bridgehead atoms. The number of nitrogens with zero attached hydrogens (tertiary/aromatic N) is 2. The van der Waals surface area contributed by atoms with E-state index in [1.807, 2.05) is 22.7 Å². The molecule has 1 aromatic carbocycles. The van der Waals surface area contributed by atoms with Crippen LogP contribution in [0.4, 0.5) is 19.3 Å². The van der Waals surface area contributed by atoms with Gasteiger partial charge in [0, 0.05) is 28.6 Å². The van der Waals surface area contributed by atoms with Crippen molar-refractivity contribution in [1.82, 2.24) is 14.7 Å². The van der Waals surface area contributed by atoms with Gasteiger partial charge in [-0.3, -0.25) is 0 Å². The Morgan fingerprint density at radius 1 is 1.17 bits per heavy atom. The van der Waals surface area contributed by atoms with Gasteiger partial charge in [0.25, 0.3) is 0 Å². The number of aromatic nitrogens is 2. The van der Waals surface area contributed by atoms with Crippen LogP contribution in [0.2, 0.25) is 0 Å². The van der Waals surface area contributed by atoms with E-state index in [9.17, 15) is 13.6 Å². The number of hydrogen-bond acceptors (Lipinski definition) is 2. The van der Waals surface area contributed by atoms with E-state index in [4.69, 9.17) is 0 Å². The molecule has 3 aromatic rings. The minimum Gasteiger partial charge on any atom is -0.332 e. The average molecular weight is 381 g/mol. The van der Waals surface area contributed by atoms with E-state index in [0.29, 0.717) is 5.69 Å². The average Bonchev–Trinajstić information content (AvgIpc) is 2.86. The predicted octanol–water partition coefficient (Wildman–Crippen LogP) is 3.70. The number of halogens is 3.